The zero-order chi connectivity index (χ0) is 41.6. The van der Waals surface area contributed by atoms with Gasteiger partial charge >= 0.3 is 5.97 Å². The molecule has 4 heterocycles. The van der Waals surface area contributed by atoms with Gasteiger partial charge < -0.3 is 24.6 Å². The Hall–Kier alpha value is -4.31. The fourth-order valence-electron chi connectivity index (χ4n) is 8.59. The lowest BCUT2D eigenvalue weighted by atomic mass is 9.92. The Balaban J connectivity index is 1.16. The maximum atomic E-state index is 14.7. The lowest BCUT2D eigenvalue weighted by molar-refractivity contribution is -0.159. The van der Waals surface area contributed by atoms with Gasteiger partial charge in [-0.2, -0.15) is 0 Å². The van der Waals surface area contributed by atoms with E-state index in [0.717, 1.165) is 18.4 Å². The number of hydrogen-bond acceptors (Lipinski definition) is 11. The summed E-state index contributed by atoms with van der Waals surface area (Å²) >= 11 is 1.38. The monoisotopic (exact) mass is 837 g/mol. The second-order valence-corrected chi connectivity index (χ2v) is 20.6. The normalized spacial score (nSPS) is 28.3. The number of thiazole rings is 1. The van der Waals surface area contributed by atoms with Crippen molar-refractivity contribution < 1.29 is 41.9 Å². The molecule has 2 aliphatic carbocycles. The molecule has 4 amide bonds. The molecule has 2 saturated heterocycles. The molecule has 2 saturated carbocycles. The quantitative estimate of drug-likeness (QED) is 0.262. The number of carbonyl (C=O) groups is 5. The highest BCUT2D eigenvalue weighted by molar-refractivity contribution is 7.91. The van der Waals surface area contributed by atoms with Crippen LogP contribution in [0.2, 0.25) is 0 Å². The minimum absolute atomic E-state index is 0.0291. The Bertz CT molecular complexity index is 2070. The Kier molecular flexibility index (Phi) is 11.8. The fraction of sp³-hybridized carbons (Fsp3) is 0.619. The van der Waals surface area contributed by atoms with Crippen LogP contribution in [0.3, 0.4) is 0 Å². The molecule has 2 aromatic rings. The molecule has 14 nitrogen and oxygen atoms in total. The number of aromatic nitrogens is 1. The van der Waals surface area contributed by atoms with Gasteiger partial charge in [0.05, 0.1) is 23.5 Å². The Morgan fingerprint density at radius 2 is 1.84 bits per heavy atom. The Morgan fingerprint density at radius 1 is 1.07 bits per heavy atom. The molecule has 0 unspecified atom stereocenters. The van der Waals surface area contributed by atoms with Crippen molar-refractivity contribution in [3.05, 3.63) is 47.4 Å². The molecule has 0 radical (unpaired) electrons. The van der Waals surface area contributed by atoms with Gasteiger partial charge in [-0.25, -0.2) is 13.4 Å². The molecular weight excluding hydrogens is 783 g/mol. The summed E-state index contributed by atoms with van der Waals surface area (Å²) in [7, 11) is -3.91. The third-order valence-electron chi connectivity index (χ3n) is 11.7. The summed E-state index contributed by atoms with van der Waals surface area (Å²) in [5.41, 5.74) is -0.360. The topological polar surface area (TPSA) is 181 Å². The first-order chi connectivity index (χ1) is 27.4. The molecule has 314 valence electrons. The van der Waals surface area contributed by atoms with Gasteiger partial charge in [0.25, 0.3) is 17.0 Å². The van der Waals surface area contributed by atoms with Crippen LogP contribution >= 0.6 is 11.3 Å². The van der Waals surface area contributed by atoms with E-state index in [4.69, 9.17) is 9.47 Å². The minimum atomic E-state index is -3.91. The number of sulfonamides is 1. The fourth-order valence-corrected chi connectivity index (χ4v) is 10.8. The second kappa shape index (κ2) is 16.4. The molecule has 4 fully saturated rings. The van der Waals surface area contributed by atoms with Crippen LogP contribution in [0.4, 0.5) is 0 Å². The first-order valence-electron chi connectivity index (χ1n) is 20.5. The SMILES string of the molecule is CC(C)Oc1nc(-c2cccc(C(=O)N3C[C@H]4CN5C(=O)[C@@H](CC(=O)OC(C)(C)C)CCCCC/C=C\[C@@H]6C[C@@]6(C(=O)NS(=O)(=O)C6CC6)NC(=O)[C@@H]5[C@H]4C3)c2)cs1. The Labute approximate surface area is 344 Å². The zero-order valence-electron chi connectivity index (χ0n) is 33.9. The smallest absolute Gasteiger partial charge is 0.307 e. The lowest BCUT2D eigenvalue weighted by Gasteiger charge is -2.33. The van der Waals surface area contributed by atoms with Crippen molar-refractivity contribution in [1.29, 1.82) is 0 Å². The highest BCUT2D eigenvalue weighted by Crippen LogP contribution is 2.47. The van der Waals surface area contributed by atoms with Crippen molar-refractivity contribution in [2.24, 2.45) is 23.7 Å². The maximum absolute atomic E-state index is 14.7. The summed E-state index contributed by atoms with van der Waals surface area (Å²) in [4.78, 5) is 78.4. The van der Waals surface area contributed by atoms with Gasteiger partial charge in [0.15, 0.2) is 0 Å². The largest absolute Gasteiger partial charge is 0.467 e. The van der Waals surface area contributed by atoms with Crippen molar-refractivity contribution in [1.82, 2.24) is 24.8 Å². The molecule has 7 rings (SSSR count). The van der Waals surface area contributed by atoms with Gasteiger partial charge in [0.1, 0.15) is 17.2 Å². The van der Waals surface area contributed by atoms with Crippen LogP contribution in [0.5, 0.6) is 5.19 Å². The van der Waals surface area contributed by atoms with Crippen LogP contribution in [-0.2, 0) is 33.9 Å². The number of fused-ring (bicyclic) bond motifs is 4. The lowest BCUT2D eigenvalue weighted by Crippen LogP contribution is -2.58. The highest BCUT2D eigenvalue weighted by Gasteiger charge is 2.63. The summed E-state index contributed by atoms with van der Waals surface area (Å²) in [6, 6.07) is 6.14. The number of nitrogens with one attached hydrogen (secondary N) is 2. The summed E-state index contributed by atoms with van der Waals surface area (Å²) in [5.74, 6) is -4.35. The Morgan fingerprint density at radius 3 is 2.57 bits per heavy atom. The van der Waals surface area contributed by atoms with Crippen molar-refractivity contribution in [2.45, 2.75) is 121 Å². The molecule has 2 N–H and O–H groups in total. The van der Waals surface area contributed by atoms with Crippen LogP contribution in [0.1, 0.15) is 103 Å². The van der Waals surface area contributed by atoms with Crippen LogP contribution < -0.4 is 14.8 Å². The third kappa shape index (κ3) is 9.27. The van der Waals surface area contributed by atoms with Crippen molar-refractivity contribution >= 4 is 51.0 Å². The first-order valence-corrected chi connectivity index (χ1v) is 23.0. The summed E-state index contributed by atoms with van der Waals surface area (Å²) in [6.45, 7) is 9.80. The third-order valence-corrected chi connectivity index (χ3v) is 14.2. The summed E-state index contributed by atoms with van der Waals surface area (Å²) in [6.07, 6.45) is 8.26. The number of hydrogen-bond donors (Lipinski definition) is 2. The zero-order valence-corrected chi connectivity index (χ0v) is 35.5. The second-order valence-electron chi connectivity index (χ2n) is 17.8. The number of amides is 4. The van der Waals surface area contributed by atoms with Crippen LogP contribution in [-0.4, -0.2) is 101 Å². The number of nitrogens with zero attached hydrogens (tertiary/aromatic N) is 3. The van der Waals surface area contributed by atoms with Gasteiger partial charge in [-0.3, -0.25) is 28.7 Å². The molecule has 1 aromatic carbocycles. The number of allylic oxidation sites excluding steroid dienone is 1. The summed E-state index contributed by atoms with van der Waals surface area (Å²) < 4.78 is 39.5. The average Bonchev–Trinajstić information content (AvgIpc) is 3.98. The van der Waals surface area contributed by atoms with Crippen LogP contribution in [0.15, 0.2) is 41.8 Å². The van der Waals surface area contributed by atoms with Crippen molar-refractivity contribution in [3.8, 4) is 16.5 Å². The molecule has 3 aliphatic heterocycles. The van der Waals surface area contributed by atoms with E-state index in [1.165, 1.54) is 11.3 Å². The molecular formula is C42H55N5O9S2. The van der Waals surface area contributed by atoms with Crippen molar-refractivity contribution in [2.75, 3.05) is 19.6 Å². The van der Waals surface area contributed by atoms with E-state index < -0.39 is 68.0 Å². The summed E-state index contributed by atoms with van der Waals surface area (Å²) in [5, 5.41) is 4.74. The van der Waals surface area contributed by atoms with Gasteiger partial charge in [-0.05, 0) is 85.3 Å². The van der Waals surface area contributed by atoms with Crippen LogP contribution in [0, 0.1) is 23.7 Å². The molecule has 6 atom stereocenters. The molecule has 0 spiro atoms. The van der Waals surface area contributed by atoms with Crippen LogP contribution in [0.25, 0.3) is 11.3 Å². The number of esters is 1. The number of benzene rings is 1. The van der Waals surface area contributed by atoms with Crippen molar-refractivity contribution in [3.63, 3.8) is 0 Å². The molecule has 1 aromatic heterocycles. The average molecular weight is 838 g/mol. The van der Waals surface area contributed by atoms with E-state index in [0.29, 0.717) is 48.6 Å². The number of likely N-dealkylation sites (tertiary alicyclic amines) is 1. The van der Waals surface area contributed by atoms with E-state index in [1.54, 1.807) is 48.8 Å². The van der Waals surface area contributed by atoms with Gasteiger partial charge in [-0.1, -0.05) is 48.5 Å². The number of ether oxygens (including phenoxy) is 2. The predicted molar refractivity (Wildman–Crippen MR) is 217 cm³/mol. The minimum Gasteiger partial charge on any atom is -0.467 e. The van der Waals surface area contributed by atoms with E-state index in [1.807, 2.05) is 37.4 Å². The van der Waals surface area contributed by atoms with Gasteiger partial charge in [0.2, 0.25) is 21.8 Å². The van der Waals surface area contributed by atoms with E-state index in [9.17, 15) is 32.4 Å². The van der Waals surface area contributed by atoms with E-state index in [-0.39, 0.29) is 56.3 Å². The number of carbonyl (C=O) groups excluding carboxylic acids is 5. The molecule has 0 bridgehead atoms. The molecule has 16 heteroatoms. The highest BCUT2D eigenvalue weighted by atomic mass is 32.2. The predicted octanol–water partition coefficient (Wildman–Crippen LogP) is 4.85. The van der Waals surface area contributed by atoms with E-state index in [2.05, 4.69) is 15.0 Å². The molecule has 5 aliphatic rings. The van der Waals surface area contributed by atoms with Gasteiger partial charge in [-0.15, -0.1) is 0 Å². The van der Waals surface area contributed by atoms with E-state index >= 15 is 0 Å². The van der Waals surface area contributed by atoms with Gasteiger partial charge in [0, 0.05) is 59.8 Å². The maximum Gasteiger partial charge on any atom is 0.307 e. The standard InChI is InChI=1S/C42H55N5O9S2/c1-25(2)55-40-43-33(24-57-40)26-13-11-14-27(18-26)37(50)46-21-29-22-47-35(32(29)23-46)36(49)44-42(39(52)45-58(53,54)31-16-17-31)20-30(42)15-10-8-6-7-9-12-28(38(47)51)19-34(48)56-41(3,4)5/h10-11,13-15,18,24-25,28-32,35H,6-9,12,16-17,19-23H2,1-5H3,(H,44,49)(H,45,52)/b15-10-/t28-,29+,30-,32+,35+,42-/m1/s1. The first kappa shape index (κ1) is 41.8. The molecule has 58 heavy (non-hydrogen) atoms. The number of rotatable bonds is 9.